The van der Waals surface area contributed by atoms with Gasteiger partial charge >= 0.3 is 29.6 Å². The first-order chi connectivity index (χ1) is 6.79. The number of carboxylic acids is 1. The smallest absolute Gasteiger partial charge is 0.550 e. The molecule has 15 heavy (non-hydrogen) atoms. The van der Waals surface area contributed by atoms with E-state index in [1.54, 1.807) is 12.5 Å². The van der Waals surface area contributed by atoms with Crippen molar-refractivity contribution in [1.29, 1.82) is 0 Å². The van der Waals surface area contributed by atoms with Crippen LogP contribution in [0.15, 0.2) is 18.7 Å². The van der Waals surface area contributed by atoms with E-state index in [0.717, 1.165) is 25.7 Å². The van der Waals surface area contributed by atoms with Gasteiger partial charge in [0.25, 0.3) is 0 Å². The first kappa shape index (κ1) is 12.7. The number of hydrogen-bond donors (Lipinski definition) is 0. The van der Waals surface area contributed by atoms with Crippen molar-refractivity contribution in [2.24, 2.45) is 5.92 Å². The maximum Gasteiger partial charge on any atom is 1.00 e. The standard InChI is InChI=1S/C10H14N2O2.Na/c13-10(14)8-3-1-2-4-9(8)12-6-5-11-7-12;/h5-9H,1-4H2,(H,13,14);/q;+1/p-1. The molecule has 0 saturated heterocycles. The Balaban J connectivity index is 0.00000112. The molecule has 2 unspecified atom stereocenters. The molecule has 5 heteroatoms. The summed E-state index contributed by atoms with van der Waals surface area (Å²) in [6.45, 7) is 0. The van der Waals surface area contributed by atoms with Crippen LogP contribution in [0.3, 0.4) is 0 Å². The Hall–Kier alpha value is -0.320. The van der Waals surface area contributed by atoms with Crippen LogP contribution < -0.4 is 34.7 Å². The first-order valence-electron chi connectivity index (χ1n) is 4.97. The molecule has 1 aliphatic rings. The van der Waals surface area contributed by atoms with Gasteiger partial charge in [-0.3, -0.25) is 0 Å². The van der Waals surface area contributed by atoms with Crippen molar-refractivity contribution in [1.82, 2.24) is 9.55 Å². The van der Waals surface area contributed by atoms with Crippen LogP contribution in [-0.2, 0) is 4.79 Å². The van der Waals surface area contributed by atoms with Crippen molar-refractivity contribution in [3.8, 4) is 0 Å². The third-order valence-corrected chi connectivity index (χ3v) is 2.94. The Bertz CT molecular complexity index is 313. The van der Waals surface area contributed by atoms with Gasteiger partial charge < -0.3 is 14.5 Å². The summed E-state index contributed by atoms with van der Waals surface area (Å²) in [6.07, 6.45) is 8.91. The molecule has 1 aromatic rings. The molecular weight excluding hydrogens is 203 g/mol. The van der Waals surface area contributed by atoms with Gasteiger partial charge in [0.1, 0.15) is 0 Å². The van der Waals surface area contributed by atoms with Crippen LogP contribution in [0.25, 0.3) is 0 Å². The maximum absolute atomic E-state index is 10.9. The fraction of sp³-hybridized carbons (Fsp3) is 0.600. The number of hydrogen-bond acceptors (Lipinski definition) is 3. The Morgan fingerprint density at radius 1 is 1.40 bits per heavy atom. The van der Waals surface area contributed by atoms with E-state index < -0.39 is 5.97 Å². The monoisotopic (exact) mass is 216 g/mol. The number of aromatic nitrogens is 2. The summed E-state index contributed by atoms with van der Waals surface area (Å²) >= 11 is 0. The number of nitrogens with zero attached hydrogens (tertiary/aromatic N) is 2. The van der Waals surface area contributed by atoms with Crippen LogP contribution in [0.4, 0.5) is 0 Å². The molecule has 0 radical (unpaired) electrons. The number of imidazole rings is 1. The number of carbonyl (C=O) groups is 1. The van der Waals surface area contributed by atoms with Crippen LogP contribution in [0.5, 0.6) is 0 Å². The minimum Gasteiger partial charge on any atom is -0.550 e. The van der Waals surface area contributed by atoms with Gasteiger partial charge in [0.05, 0.1) is 6.33 Å². The van der Waals surface area contributed by atoms with E-state index >= 15 is 0 Å². The molecule has 4 nitrogen and oxygen atoms in total. The molecule has 0 spiro atoms. The topological polar surface area (TPSA) is 57.9 Å². The minimum atomic E-state index is -0.927. The molecular formula is C10H13N2NaO2. The van der Waals surface area contributed by atoms with Gasteiger partial charge in [0.2, 0.25) is 0 Å². The van der Waals surface area contributed by atoms with Crippen molar-refractivity contribution >= 4 is 5.97 Å². The molecule has 1 saturated carbocycles. The summed E-state index contributed by atoms with van der Waals surface area (Å²) in [4.78, 5) is 14.9. The molecule has 0 aromatic carbocycles. The Labute approximate surface area is 111 Å². The second kappa shape index (κ2) is 5.68. The normalized spacial score (nSPS) is 25.6. The zero-order valence-corrected chi connectivity index (χ0v) is 10.9. The summed E-state index contributed by atoms with van der Waals surface area (Å²) in [7, 11) is 0. The van der Waals surface area contributed by atoms with E-state index in [1.807, 2.05) is 10.8 Å². The van der Waals surface area contributed by atoms with Gasteiger partial charge in [0, 0.05) is 30.3 Å². The van der Waals surface area contributed by atoms with Crippen molar-refractivity contribution in [3.05, 3.63) is 18.7 Å². The van der Waals surface area contributed by atoms with Crippen LogP contribution in [0.2, 0.25) is 0 Å². The molecule has 0 bridgehead atoms. The average molecular weight is 216 g/mol. The molecule has 0 aliphatic heterocycles. The Morgan fingerprint density at radius 2 is 2.13 bits per heavy atom. The van der Waals surface area contributed by atoms with Crippen molar-refractivity contribution in [3.63, 3.8) is 0 Å². The molecule has 0 amide bonds. The molecule has 76 valence electrons. The van der Waals surface area contributed by atoms with Gasteiger partial charge in [-0.25, -0.2) is 4.98 Å². The second-order valence-electron chi connectivity index (χ2n) is 3.79. The zero-order valence-electron chi connectivity index (χ0n) is 8.93. The van der Waals surface area contributed by atoms with Gasteiger partial charge in [-0.05, 0) is 12.8 Å². The largest absolute Gasteiger partial charge is 1.00 e. The quantitative estimate of drug-likeness (QED) is 0.508. The summed E-state index contributed by atoms with van der Waals surface area (Å²) in [5.74, 6) is -1.28. The number of aliphatic carboxylic acids is 1. The maximum atomic E-state index is 10.9. The predicted octanol–water partition coefficient (Wildman–Crippen LogP) is -2.63. The van der Waals surface area contributed by atoms with Crippen LogP contribution in [0, 0.1) is 5.92 Å². The molecule has 1 aromatic heterocycles. The second-order valence-corrected chi connectivity index (χ2v) is 3.79. The van der Waals surface area contributed by atoms with Gasteiger partial charge in [0.15, 0.2) is 0 Å². The molecule has 1 aliphatic carbocycles. The zero-order chi connectivity index (χ0) is 9.97. The molecule has 0 N–H and O–H groups in total. The number of carboxylic acid groups (broad SMARTS) is 1. The number of carbonyl (C=O) groups excluding carboxylic acids is 1. The van der Waals surface area contributed by atoms with Gasteiger partial charge in [-0.15, -0.1) is 0 Å². The Morgan fingerprint density at radius 3 is 2.73 bits per heavy atom. The van der Waals surface area contributed by atoms with E-state index in [0.29, 0.717) is 0 Å². The summed E-state index contributed by atoms with van der Waals surface area (Å²) in [5, 5.41) is 10.9. The SMILES string of the molecule is O=C([O-])C1CCCCC1n1ccnc1.[Na+]. The fourth-order valence-electron chi connectivity index (χ4n) is 2.21. The molecule has 2 rings (SSSR count). The first-order valence-corrected chi connectivity index (χ1v) is 4.97. The third kappa shape index (κ3) is 2.83. The minimum absolute atomic E-state index is 0. The van der Waals surface area contributed by atoms with Crippen molar-refractivity contribution in [2.75, 3.05) is 0 Å². The van der Waals surface area contributed by atoms with E-state index in [1.165, 1.54) is 0 Å². The van der Waals surface area contributed by atoms with Gasteiger partial charge in [-0.2, -0.15) is 0 Å². The van der Waals surface area contributed by atoms with E-state index in [4.69, 9.17) is 0 Å². The van der Waals surface area contributed by atoms with Crippen LogP contribution >= 0.6 is 0 Å². The predicted molar refractivity (Wildman–Crippen MR) is 48.2 cm³/mol. The average Bonchev–Trinajstić information content (AvgIpc) is 2.70. The summed E-state index contributed by atoms with van der Waals surface area (Å²) in [6, 6.07) is 0.0382. The van der Waals surface area contributed by atoms with Crippen molar-refractivity contribution in [2.45, 2.75) is 31.7 Å². The van der Waals surface area contributed by atoms with E-state index in [-0.39, 0.29) is 41.5 Å². The number of rotatable bonds is 2. The molecule has 1 fully saturated rings. The summed E-state index contributed by atoms with van der Waals surface area (Å²) < 4.78 is 1.89. The van der Waals surface area contributed by atoms with E-state index in [2.05, 4.69) is 4.98 Å². The van der Waals surface area contributed by atoms with Crippen LogP contribution in [-0.4, -0.2) is 15.5 Å². The Kier molecular flexibility index (Phi) is 4.83. The summed E-state index contributed by atoms with van der Waals surface area (Å²) in [5.41, 5.74) is 0. The molecule has 1 heterocycles. The fourth-order valence-corrected chi connectivity index (χ4v) is 2.21. The molecule has 2 atom stereocenters. The van der Waals surface area contributed by atoms with E-state index in [9.17, 15) is 9.90 Å². The third-order valence-electron chi connectivity index (χ3n) is 2.94. The van der Waals surface area contributed by atoms with Crippen molar-refractivity contribution < 1.29 is 39.5 Å². The van der Waals surface area contributed by atoms with Crippen LogP contribution in [0.1, 0.15) is 31.7 Å². The van der Waals surface area contributed by atoms with Gasteiger partial charge in [-0.1, -0.05) is 12.8 Å².